The zero-order valence-electron chi connectivity index (χ0n) is 9.81. The predicted octanol–water partition coefficient (Wildman–Crippen LogP) is 2.11. The molecule has 0 saturated heterocycles. The van der Waals surface area contributed by atoms with E-state index in [0.29, 0.717) is 12.8 Å². The van der Waals surface area contributed by atoms with Gasteiger partial charge in [0.25, 0.3) is 0 Å². The molecule has 0 radical (unpaired) electrons. The van der Waals surface area contributed by atoms with Crippen LogP contribution in [0.3, 0.4) is 0 Å². The quantitative estimate of drug-likeness (QED) is 0.766. The van der Waals surface area contributed by atoms with Gasteiger partial charge < -0.3 is 11.1 Å². The van der Waals surface area contributed by atoms with Crippen LogP contribution >= 0.6 is 0 Å². The maximum absolute atomic E-state index is 12.3. The SMILES string of the molecule is N[C@@H]1CCCC[C@H]1NC(=O)C(C(F)(F)F)C(F)(F)F. The molecule has 3 N–H and O–H groups in total. The molecule has 0 spiro atoms. The highest BCUT2D eigenvalue weighted by Gasteiger charge is 2.61. The smallest absolute Gasteiger partial charge is 0.351 e. The van der Waals surface area contributed by atoms with E-state index in [4.69, 9.17) is 5.73 Å². The summed E-state index contributed by atoms with van der Waals surface area (Å²) in [6, 6.07) is -1.45. The molecule has 1 amide bonds. The monoisotopic (exact) mass is 292 g/mol. The number of halogens is 6. The number of carbonyl (C=O) groups excluding carboxylic acids is 1. The largest absolute Gasteiger partial charge is 0.409 e. The lowest BCUT2D eigenvalue weighted by atomic mass is 9.90. The third-order valence-electron chi connectivity index (χ3n) is 3.06. The molecule has 0 bridgehead atoms. The lowest BCUT2D eigenvalue weighted by molar-refractivity contribution is -0.274. The first-order chi connectivity index (χ1) is 8.53. The lowest BCUT2D eigenvalue weighted by Gasteiger charge is -2.31. The van der Waals surface area contributed by atoms with Crippen molar-refractivity contribution in [2.75, 3.05) is 0 Å². The summed E-state index contributed by atoms with van der Waals surface area (Å²) in [5, 5.41) is 1.78. The van der Waals surface area contributed by atoms with Gasteiger partial charge in [0.15, 0.2) is 0 Å². The minimum absolute atomic E-state index is 0.287. The number of rotatable bonds is 2. The van der Waals surface area contributed by atoms with Gasteiger partial charge in [-0.3, -0.25) is 4.79 Å². The summed E-state index contributed by atoms with van der Waals surface area (Å²) in [6.45, 7) is 0. The fourth-order valence-electron chi connectivity index (χ4n) is 2.09. The molecule has 0 aromatic carbocycles. The first-order valence-corrected chi connectivity index (χ1v) is 5.73. The van der Waals surface area contributed by atoms with Crippen molar-refractivity contribution >= 4 is 5.91 Å². The second-order valence-corrected chi connectivity index (χ2v) is 4.58. The molecule has 19 heavy (non-hydrogen) atoms. The van der Waals surface area contributed by atoms with Crippen LogP contribution in [0.1, 0.15) is 25.7 Å². The highest BCUT2D eigenvalue weighted by Crippen LogP contribution is 2.39. The van der Waals surface area contributed by atoms with E-state index in [1.165, 1.54) is 0 Å². The Balaban J connectivity index is 2.78. The van der Waals surface area contributed by atoms with Crippen molar-refractivity contribution in [1.82, 2.24) is 5.32 Å². The number of nitrogens with one attached hydrogen (secondary N) is 1. The van der Waals surface area contributed by atoms with Gasteiger partial charge in [-0.15, -0.1) is 0 Å². The maximum atomic E-state index is 12.3. The van der Waals surface area contributed by atoms with Crippen molar-refractivity contribution in [3.05, 3.63) is 0 Å². The summed E-state index contributed by atoms with van der Waals surface area (Å²) >= 11 is 0. The Labute approximate surface area is 105 Å². The van der Waals surface area contributed by atoms with Crippen LogP contribution < -0.4 is 11.1 Å². The molecule has 3 nitrogen and oxygen atoms in total. The van der Waals surface area contributed by atoms with Crippen LogP contribution in [-0.2, 0) is 4.79 Å². The standard InChI is InChI=1S/C10H14F6N2O/c11-9(12,13)7(10(14,15)16)8(19)18-6-4-2-1-3-5(6)17/h5-7H,1-4,17H2,(H,18,19)/t5-,6-/m1/s1. The summed E-state index contributed by atoms with van der Waals surface area (Å²) < 4.78 is 73.8. The third kappa shape index (κ3) is 4.26. The fraction of sp³-hybridized carbons (Fsp3) is 0.900. The molecule has 1 fully saturated rings. The van der Waals surface area contributed by atoms with Gasteiger partial charge in [-0.1, -0.05) is 12.8 Å². The zero-order chi connectivity index (χ0) is 14.8. The van der Waals surface area contributed by atoms with Gasteiger partial charge in [0.05, 0.1) is 0 Å². The molecule has 0 heterocycles. The van der Waals surface area contributed by atoms with E-state index >= 15 is 0 Å². The van der Waals surface area contributed by atoms with Crippen LogP contribution in [0.5, 0.6) is 0 Å². The van der Waals surface area contributed by atoms with Crippen LogP contribution in [0.15, 0.2) is 0 Å². The summed E-state index contributed by atoms with van der Waals surface area (Å²) in [4.78, 5) is 11.2. The van der Waals surface area contributed by atoms with E-state index in [-0.39, 0.29) is 6.42 Å². The molecule has 2 atom stereocenters. The maximum Gasteiger partial charge on any atom is 0.409 e. The van der Waals surface area contributed by atoms with Crippen LogP contribution in [0, 0.1) is 5.92 Å². The van der Waals surface area contributed by atoms with E-state index < -0.39 is 36.3 Å². The number of hydrogen-bond donors (Lipinski definition) is 2. The van der Waals surface area contributed by atoms with Crippen molar-refractivity contribution in [2.45, 2.75) is 50.1 Å². The van der Waals surface area contributed by atoms with E-state index in [1.807, 2.05) is 0 Å². The lowest BCUT2D eigenvalue weighted by Crippen LogP contribution is -2.55. The molecule has 1 aliphatic carbocycles. The molecule has 0 unspecified atom stereocenters. The third-order valence-corrected chi connectivity index (χ3v) is 3.06. The molecule has 1 saturated carbocycles. The van der Waals surface area contributed by atoms with Gasteiger partial charge in [0, 0.05) is 12.1 Å². The van der Waals surface area contributed by atoms with E-state index in [1.54, 1.807) is 5.32 Å². The first-order valence-electron chi connectivity index (χ1n) is 5.73. The molecular formula is C10H14F6N2O. The summed E-state index contributed by atoms with van der Waals surface area (Å²) in [5.74, 6) is -6.09. The molecular weight excluding hydrogens is 278 g/mol. The van der Waals surface area contributed by atoms with Crippen molar-refractivity contribution < 1.29 is 31.1 Å². The summed E-state index contributed by atoms with van der Waals surface area (Å²) in [7, 11) is 0. The topological polar surface area (TPSA) is 55.1 Å². The molecule has 0 aromatic rings. The average Bonchev–Trinajstić information content (AvgIpc) is 2.16. The normalized spacial score (nSPS) is 25.5. The van der Waals surface area contributed by atoms with Crippen molar-refractivity contribution in [3.63, 3.8) is 0 Å². The van der Waals surface area contributed by atoms with E-state index in [0.717, 1.165) is 6.42 Å². The zero-order valence-corrected chi connectivity index (χ0v) is 9.81. The molecule has 0 aromatic heterocycles. The van der Waals surface area contributed by atoms with E-state index in [2.05, 4.69) is 0 Å². The van der Waals surface area contributed by atoms with Gasteiger partial charge in [-0.2, -0.15) is 26.3 Å². The van der Waals surface area contributed by atoms with Gasteiger partial charge >= 0.3 is 12.4 Å². The van der Waals surface area contributed by atoms with Crippen molar-refractivity contribution in [1.29, 1.82) is 0 Å². The fourth-order valence-corrected chi connectivity index (χ4v) is 2.09. The Morgan fingerprint density at radius 1 is 1.05 bits per heavy atom. The molecule has 9 heteroatoms. The molecule has 1 aliphatic rings. The average molecular weight is 292 g/mol. The number of amides is 1. The Bertz CT molecular complexity index is 313. The first kappa shape index (κ1) is 16.1. The minimum Gasteiger partial charge on any atom is -0.351 e. The minimum atomic E-state index is -5.67. The number of carbonyl (C=O) groups is 1. The predicted molar refractivity (Wildman–Crippen MR) is 54.0 cm³/mol. The van der Waals surface area contributed by atoms with Crippen LogP contribution in [0.2, 0.25) is 0 Å². The molecule has 1 rings (SSSR count). The van der Waals surface area contributed by atoms with Gasteiger partial charge in [-0.25, -0.2) is 0 Å². The van der Waals surface area contributed by atoms with Crippen LogP contribution in [0.4, 0.5) is 26.3 Å². The molecule has 0 aliphatic heterocycles. The van der Waals surface area contributed by atoms with Gasteiger partial charge in [-0.05, 0) is 12.8 Å². The van der Waals surface area contributed by atoms with Crippen molar-refractivity contribution in [2.24, 2.45) is 11.7 Å². The van der Waals surface area contributed by atoms with Gasteiger partial charge in [0.2, 0.25) is 11.8 Å². The summed E-state index contributed by atoms with van der Waals surface area (Å²) in [6.07, 6.45) is -9.22. The van der Waals surface area contributed by atoms with Crippen molar-refractivity contribution in [3.8, 4) is 0 Å². The van der Waals surface area contributed by atoms with E-state index in [9.17, 15) is 31.1 Å². The second-order valence-electron chi connectivity index (χ2n) is 4.58. The Kier molecular flexibility index (Phi) is 4.70. The Morgan fingerprint density at radius 3 is 1.95 bits per heavy atom. The number of hydrogen-bond acceptors (Lipinski definition) is 2. The van der Waals surface area contributed by atoms with Crippen LogP contribution in [-0.4, -0.2) is 30.3 Å². The molecule has 112 valence electrons. The number of alkyl halides is 6. The highest BCUT2D eigenvalue weighted by atomic mass is 19.4. The van der Waals surface area contributed by atoms with Crippen LogP contribution in [0.25, 0.3) is 0 Å². The summed E-state index contributed by atoms with van der Waals surface area (Å²) in [5.41, 5.74) is 5.57. The Hall–Kier alpha value is -0.990. The second kappa shape index (κ2) is 5.56. The highest BCUT2D eigenvalue weighted by molar-refractivity contribution is 5.80. The Morgan fingerprint density at radius 2 is 1.53 bits per heavy atom. The number of nitrogens with two attached hydrogens (primary N) is 1. The van der Waals surface area contributed by atoms with Gasteiger partial charge in [0.1, 0.15) is 0 Å².